The first kappa shape index (κ1) is 19.8. The Bertz CT molecular complexity index is 1050. The average Bonchev–Trinajstić information content (AvgIpc) is 3.25. The molecule has 3 heterocycles. The standard InChI is InChI=1S/C19H21N5O3S2/c1-2-27-19(26)14-11-6-4-3-5-7-12(11)29-17(14)24-13(25)8-28-18-15-16(21-9-20-15)22-10-23-18/h9-10H,2-8H2,1H3,(H,24,25)(H,20,21,22,23). The molecule has 1 aliphatic carbocycles. The quantitative estimate of drug-likeness (QED) is 0.266. The Kier molecular flexibility index (Phi) is 6.10. The van der Waals surface area contributed by atoms with Crippen molar-refractivity contribution >= 4 is 51.1 Å². The van der Waals surface area contributed by atoms with Crippen LogP contribution in [0.1, 0.15) is 47.0 Å². The van der Waals surface area contributed by atoms with E-state index in [1.807, 2.05) is 0 Å². The first-order valence-corrected chi connectivity index (χ1v) is 11.4. The summed E-state index contributed by atoms with van der Waals surface area (Å²) >= 11 is 2.80. The Morgan fingerprint density at radius 2 is 2.10 bits per heavy atom. The second kappa shape index (κ2) is 8.91. The molecule has 3 aromatic rings. The van der Waals surface area contributed by atoms with Crippen molar-refractivity contribution in [2.45, 2.75) is 44.1 Å². The lowest BCUT2D eigenvalue weighted by Gasteiger charge is -2.08. The highest BCUT2D eigenvalue weighted by Gasteiger charge is 2.26. The van der Waals surface area contributed by atoms with Gasteiger partial charge in [0.25, 0.3) is 0 Å². The zero-order valence-electron chi connectivity index (χ0n) is 16.0. The number of carbonyl (C=O) groups is 2. The van der Waals surface area contributed by atoms with Crippen LogP contribution in [0.3, 0.4) is 0 Å². The lowest BCUT2D eigenvalue weighted by atomic mass is 10.1. The van der Waals surface area contributed by atoms with E-state index in [-0.39, 0.29) is 17.6 Å². The van der Waals surface area contributed by atoms with Crippen molar-refractivity contribution in [1.29, 1.82) is 0 Å². The predicted molar refractivity (Wildman–Crippen MR) is 113 cm³/mol. The van der Waals surface area contributed by atoms with Gasteiger partial charge in [0.2, 0.25) is 5.91 Å². The maximum atomic E-state index is 12.6. The van der Waals surface area contributed by atoms with Crippen LogP contribution < -0.4 is 5.32 Å². The van der Waals surface area contributed by atoms with E-state index in [2.05, 4.69) is 25.3 Å². The van der Waals surface area contributed by atoms with Crippen LogP contribution in [0.15, 0.2) is 17.7 Å². The Labute approximate surface area is 175 Å². The number of amides is 1. The lowest BCUT2D eigenvalue weighted by Crippen LogP contribution is -2.17. The number of thiophene rings is 1. The van der Waals surface area contributed by atoms with E-state index in [1.165, 1.54) is 34.3 Å². The van der Waals surface area contributed by atoms with Crippen LogP contribution in [0.25, 0.3) is 11.2 Å². The van der Waals surface area contributed by atoms with E-state index in [4.69, 9.17) is 4.74 Å². The molecule has 2 N–H and O–H groups in total. The van der Waals surface area contributed by atoms with Gasteiger partial charge in [-0.05, 0) is 38.2 Å². The third kappa shape index (κ3) is 4.27. The highest BCUT2D eigenvalue weighted by molar-refractivity contribution is 8.00. The Balaban J connectivity index is 1.51. The van der Waals surface area contributed by atoms with Crippen LogP contribution >= 0.6 is 23.1 Å². The number of thioether (sulfide) groups is 1. The smallest absolute Gasteiger partial charge is 0.341 e. The van der Waals surface area contributed by atoms with E-state index in [9.17, 15) is 9.59 Å². The number of anilines is 1. The maximum Gasteiger partial charge on any atom is 0.341 e. The van der Waals surface area contributed by atoms with Crippen molar-refractivity contribution in [3.05, 3.63) is 28.7 Å². The Hall–Kier alpha value is -2.46. The van der Waals surface area contributed by atoms with Gasteiger partial charge in [-0.25, -0.2) is 19.7 Å². The van der Waals surface area contributed by atoms with Gasteiger partial charge in [0.05, 0.1) is 24.3 Å². The van der Waals surface area contributed by atoms with Crippen molar-refractivity contribution in [2.24, 2.45) is 0 Å². The van der Waals surface area contributed by atoms with E-state index in [0.717, 1.165) is 37.7 Å². The minimum Gasteiger partial charge on any atom is -0.462 e. The lowest BCUT2D eigenvalue weighted by molar-refractivity contribution is -0.113. The van der Waals surface area contributed by atoms with Crippen molar-refractivity contribution in [2.75, 3.05) is 17.7 Å². The zero-order valence-corrected chi connectivity index (χ0v) is 17.6. The average molecular weight is 432 g/mol. The number of esters is 1. The summed E-state index contributed by atoms with van der Waals surface area (Å²) in [6.45, 7) is 2.09. The molecule has 0 bridgehead atoms. The fourth-order valence-corrected chi connectivity index (χ4v) is 5.45. The molecule has 0 radical (unpaired) electrons. The van der Waals surface area contributed by atoms with Gasteiger partial charge in [0.15, 0.2) is 5.65 Å². The SMILES string of the molecule is CCOC(=O)c1c(NC(=O)CSc2ncnc3nc[nH]c23)sc2c1CCCCC2. The minimum atomic E-state index is -0.357. The predicted octanol–water partition coefficient (Wildman–Crippen LogP) is 3.59. The van der Waals surface area contributed by atoms with Crippen LogP contribution in [0.2, 0.25) is 0 Å². The zero-order chi connectivity index (χ0) is 20.2. The molecule has 4 rings (SSSR count). The monoisotopic (exact) mass is 431 g/mol. The summed E-state index contributed by atoms with van der Waals surface area (Å²) in [5, 5.41) is 4.18. The number of hydrogen-bond donors (Lipinski definition) is 2. The molecule has 10 heteroatoms. The van der Waals surface area contributed by atoms with Crippen LogP contribution in [0.5, 0.6) is 0 Å². The van der Waals surface area contributed by atoms with Crippen LogP contribution in [0, 0.1) is 0 Å². The number of carbonyl (C=O) groups excluding carboxylic acids is 2. The van der Waals surface area contributed by atoms with Crippen LogP contribution in [-0.2, 0) is 22.4 Å². The molecule has 0 aliphatic heterocycles. The summed E-state index contributed by atoms with van der Waals surface area (Å²) in [6.07, 6.45) is 8.08. The van der Waals surface area contributed by atoms with Gasteiger partial charge in [0, 0.05) is 4.88 Å². The summed E-state index contributed by atoms with van der Waals surface area (Å²) < 4.78 is 5.27. The number of fused-ring (bicyclic) bond motifs is 2. The number of ether oxygens (including phenoxy) is 1. The number of aromatic amines is 1. The summed E-state index contributed by atoms with van der Waals surface area (Å²) in [7, 11) is 0. The van der Waals surface area contributed by atoms with Gasteiger partial charge >= 0.3 is 5.97 Å². The number of nitrogens with one attached hydrogen (secondary N) is 2. The third-order valence-corrected chi connectivity index (χ3v) is 6.88. The first-order chi connectivity index (χ1) is 14.2. The van der Waals surface area contributed by atoms with Gasteiger partial charge in [-0.2, -0.15) is 0 Å². The number of aromatic nitrogens is 4. The number of hydrogen-bond acceptors (Lipinski definition) is 8. The van der Waals surface area contributed by atoms with Crippen molar-refractivity contribution in [3.8, 4) is 0 Å². The van der Waals surface area contributed by atoms with Crippen LogP contribution in [-0.4, -0.2) is 44.2 Å². The molecule has 8 nitrogen and oxygen atoms in total. The summed E-state index contributed by atoms with van der Waals surface area (Å²) in [5.74, 6) is -0.385. The number of rotatable bonds is 6. The molecular formula is C19H21N5O3S2. The van der Waals surface area contributed by atoms with Gasteiger partial charge in [0.1, 0.15) is 21.9 Å². The first-order valence-electron chi connectivity index (χ1n) is 9.55. The molecule has 0 spiro atoms. The van der Waals surface area contributed by atoms with E-state index >= 15 is 0 Å². The van der Waals surface area contributed by atoms with Gasteiger partial charge in [-0.15, -0.1) is 11.3 Å². The minimum absolute atomic E-state index is 0.163. The summed E-state index contributed by atoms with van der Waals surface area (Å²) in [4.78, 5) is 41.8. The molecule has 1 amide bonds. The fourth-order valence-electron chi connectivity index (χ4n) is 3.40. The Morgan fingerprint density at radius 1 is 1.24 bits per heavy atom. The molecule has 0 atom stereocenters. The van der Waals surface area contributed by atoms with E-state index < -0.39 is 0 Å². The molecule has 0 saturated carbocycles. The number of nitrogens with zero attached hydrogens (tertiary/aromatic N) is 3. The van der Waals surface area contributed by atoms with Crippen molar-refractivity contribution in [1.82, 2.24) is 19.9 Å². The number of imidazole rings is 1. The molecule has 0 fully saturated rings. The molecule has 3 aromatic heterocycles. The van der Waals surface area contributed by atoms with E-state index in [0.29, 0.717) is 33.4 Å². The molecule has 0 aromatic carbocycles. The highest BCUT2D eigenvalue weighted by Crippen LogP contribution is 2.38. The summed E-state index contributed by atoms with van der Waals surface area (Å²) in [6, 6.07) is 0. The molecular weight excluding hydrogens is 410 g/mol. The van der Waals surface area contributed by atoms with Gasteiger partial charge in [-0.1, -0.05) is 18.2 Å². The van der Waals surface area contributed by atoms with Gasteiger partial charge < -0.3 is 15.0 Å². The normalized spacial score (nSPS) is 13.7. The summed E-state index contributed by atoms with van der Waals surface area (Å²) in [5.41, 5.74) is 2.85. The second-order valence-electron chi connectivity index (χ2n) is 6.61. The van der Waals surface area contributed by atoms with Gasteiger partial charge in [-0.3, -0.25) is 4.79 Å². The number of aryl methyl sites for hydroxylation is 1. The van der Waals surface area contributed by atoms with Crippen LogP contribution in [0.4, 0.5) is 5.00 Å². The molecule has 152 valence electrons. The molecule has 29 heavy (non-hydrogen) atoms. The maximum absolute atomic E-state index is 12.6. The number of H-pyrrole nitrogens is 1. The second-order valence-corrected chi connectivity index (χ2v) is 8.68. The Morgan fingerprint density at radius 3 is 2.97 bits per heavy atom. The fraction of sp³-hybridized carbons (Fsp3) is 0.421. The highest BCUT2D eigenvalue weighted by atomic mass is 32.2. The molecule has 1 aliphatic rings. The molecule has 0 unspecified atom stereocenters. The van der Waals surface area contributed by atoms with Crippen molar-refractivity contribution in [3.63, 3.8) is 0 Å². The van der Waals surface area contributed by atoms with Crippen molar-refractivity contribution < 1.29 is 14.3 Å². The van der Waals surface area contributed by atoms with E-state index in [1.54, 1.807) is 13.3 Å². The third-order valence-electron chi connectivity index (χ3n) is 4.68. The largest absolute Gasteiger partial charge is 0.462 e. The topological polar surface area (TPSA) is 110 Å². The molecule has 0 saturated heterocycles.